The Morgan fingerprint density at radius 3 is 2.61 bits per heavy atom. The monoisotopic (exact) mass is 458 g/mol. The van der Waals surface area contributed by atoms with Crippen LogP contribution in [-0.2, 0) is 0 Å². The molecule has 1 aliphatic carbocycles. The molecule has 0 aliphatic heterocycles. The molecule has 0 amide bonds. The van der Waals surface area contributed by atoms with Gasteiger partial charge < -0.3 is 23.7 Å². The van der Waals surface area contributed by atoms with Gasteiger partial charge in [-0.15, -0.1) is 0 Å². The zero-order valence-electron chi connectivity index (χ0n) is 20.8. The normalized spacial score (nSPS) is 22.9. The zero-order valence-corrected chi connectivity index (χ0v) is 20.8. The van der Waals surface area contributed by atoms with Crippen molar-refractivity contribution in [2.75, 3.05) is 27.4 Å². The Labute approximate surface area is 196 Å². The third kappa shape index (κ3) is 5.06. The van der Waals surface area contributed by atoms with E-state index in [1.807, 2.05) is 0 Å². The molecule has 3 atom stereocenters. The number of fused-ring (bicyclic) bond motifs is 1. The fraction of sp³-hybridized carbons (Fsp3) is 0.593. The van der Waals surface area contributed by atoms with Crippen molar-refractivity contribution in [3.05, 3.63) is 39.8 Å². The van der Waals surface area contributed by atoms with Crippen LogP contribution in [0.5, 0.6) is 17.2 Å². The molecule has 1 aromatic carbocycles. The second kappa shape index (κ2) is 10.6. The van der Waals surface area contributed by atoms with Crippen molar-refractivity contribution >= 4 is 11.0 Å². The van der Waals surface area contributed by atoms with E-state index in [9.17, 15) is 9.90 Å². The van der Waals surface area contributed by atoms with E-state index in [0.29, 0.717) is 46.7 Å². The number of hydrogen-bond acceptors (Lipinski definition) is 6. The predicted molar refractivity (Wildman–Crippen MR) is 130 cm³/mol. The first-order valence-corrected chi connectivity index (χ1v) is 11.9. The molecule has 0 bridgehead atoms. The quantitative estimate of drug-likeness (QED) is 0.381. The summed E-state index contributed by atoms with van der Waals surface area (Å²) in [6.07, 6.45) is 4.91. The molecule has 0 spiro atoms. The lowest BCUT2D eigenvalue weighted by Crippen LogP contribution is -2.40. The summed E-state index contributed by atoms with van der Waals surface area (Å²) in [6.45, 7) is 9.78. The van der Waals surface area contributed by atoms with E-state index in [2.05, 4.69) is 27.7 Å². The van der Waals surface area contributed by atoms with Crippen LogP contribution in [0.1, 0.15) is 59.8 Å². The van der Waals surface area contributed by atoms with E-state index >= 15 is 0 Å². The summed E-state index contributed by atoms with van der Waals surface area (Å²) in [5.41, 5.74) is 2.88. The molecule has 0 unspecified atom stereocenters. The fourth-order valence-corrected chi connectivity index (χ4v) is 5.42. The van der Waals surface area contributed by atoms with E-state index < -0.39 is 5.63 Å². The van der Waals surface area contributed by atoms with Crippen molar-refractivity contribution in [3.63, 3.8) is 0 Å². The highest BCUT2D eigenvalue weighted by molar-refractivity contribution is 5.88. The molecule has 0 saturated heterocycles. The number of methoxy groups -OCH3 is 2. The summed E-state index contributed by atoms with van der Waals surface area (Å²) in [5, 5.41) is 10.2. The summed E-state index contributed by atoms with van der Waals surface area (Å²) in [7, 11) is 3.12. The molecular formula is C27H38O6. The van der Waals surface area contributed by atoms with Gasteiger partial charge in [-0.3, -0.25) is 0 Å². The molecule has 1 fully saturated rings. The van der Waals surface area contributed by atoms with Crippen LogP contribution < -0.4 is 19.8 Å². The molecular weight excluding hydrogens is 420 g/mol. The van der Waals surface area contributed by atoms with E-state index in [0.717, 1.165) is 32.1 Å². The number of rotatable bonds is 9. The van der Waals surface area contributed by atoms with Gasteiger partial charge in [0, 0.05) is 18.1 Å². The molecule has 2 aromatic rings. The number of aliphatic hydroxyl groups excluding tert-OH is 1. The Hall–Kier alpha value is -2.47. The van der Waals surface area contributed by atoms with Crippen LogP contribution in [-0.4, -0.2) is 32.5 Å². The third-order valence-electron chi connectivity index (χ3n) is 7.58. The summed E-state index contributed by atoms with van der Waals surface area (Å²) in [6, 6.07) is 4.86. The van der Waals surface area contributed by atoms with E-state index in [1.165, 1.54) is 24.3 Å². The summed E-state index contributed by atoms with van der Waals surface area (Å²) < 4.78 is 22.9. The third-order valence-corrected chi connectivity index (χ3v) is 7.58. The fourth-order valence-electron chi connectivity index (χ4n) is 5.42. The molecule has 1 N–H and O–H groups in total. The van der Waals surface area contributed by atoms with Gasteiger partial charge >= 0.3 is 5.63 Å². The molecule has 0 radical (unpaired) electrons. The Kier molecular flexibility index (Phi) is 8.11. The van der Waals surface area contributed by atoms with Crippen molar-refractivity contribution in [3.8, 4) is 17.2 Å². The Morgan fingerprint density at radius 1 is 1.21 bits per heavy atom. The first-order chi connectivity index (χ1) is 15.8. The van der Waals surface area contributed by atoms with Gasteiger partial charge in [0.2, 0.25) is 11.5 Å². The molecule has 6 heteroatoms. The molecule has 182 valence electrons. The van der Waals surface area contributed by atoms with Gasteiger partial charge in [0.15, 0.2) is 11.3 Å². The van der Waals surface area contributed by atoms with E-state index in [-0.39, 0.29) is 12.0 Å². The first kappa shape index (κ1) is 25.2. The van der Waals surface area contributed by atoms with Crippen LogP contribution in [0.2, 0.25) is 0 Å². The first-order valence-electron chi connectivity index (χ1n) is 11.9. The average Bonchev–Trinajstić information content (AvgIpc) is 2.79. The maximum Gasteiger partial charge on any atom is 0.336 e. The molecule has 3 rings (SSSR count). The van der Waals surface area contributed by atoms with Crippen molar-refractivity contribution in [2.24, 2.45) is 17.3 Å². The van der Waals surface area contributed by atoms with Crippen molar-refractivity contribution in [1.29, 1.82) is 0 Å². The van der Waals surface area contributed by atoms with Gasteiger partial charge in [-0.05, 0) is 75.3 Å². The Morgan fingerprint density at radius 2 is 1.97 bits per heavy atom. The highest BCUT2D eigenvalue weighted by atomic mass is 16.5. The van der Waals surface area contributed by atoms with Crippen molar-refractivity contribution in [1.82, 2.24) is 0 Å². The Bertz CT molecular complexity index is 1050. The molecule has 33 heavy (non-hydrogen) atoms. The molecule has 1 aliphatic rings. The maximum atomic E-state index is 11.8. The van der Waals surface area contributed by atoms with Crippen LogP contribution >= 0.6 is 0 Å². The topological polar surface area (TPSA) is 78.1 Å². The number of hydrogen-bond donors (Lipinski definition) is 1. The van der Waals surface area contributed by atoms with Gasteiger partial charge in [-0.25, -0.2) is 4.79 Å². The van der Waals surface area contributed by atoms with Crippen LogP contribution in [0, 0.1) is 17.3 Å². The van der Waals surface area contributed by atoms with Gasteiger partial charge in [0.1, 0.15) is 0 Å². The Balaban J connectivity index is 1.91. The van der Waals surface area contributed by atoms with Crippen LogP contribution in [0.4, 0.5) is 0 Å². The largest absolute Gasteiger partial charge is 0.493 e. The standard InChI is InChI=1S/C27H38O6/c1-17(2)20-11-9-18(3)27(4,21(20)8-7-14-28)13-15-32-25-22(30-5)16-19-10-12-23(29)33-24(19)26(25)31-6/h10,12,16,18,21,28H,7-9,11,13-15H2,1-6H3/t18-,21-,27-/m1/s1. The number of ether oxygens (including phenoxy) is 3. The lowest BCUT2D eigenvalue weighted by molar-refractivity contribution is 0.0502. The molecule has 1 aromatic heterocycles. The highest BCUT2D eigenvalue weighted by Crippen LogP contribution is 2.53. The summed E-state index contributed by atoms with van der Waals surface area (Å²) >= 11 is 0. The van der Waals surface area contributed by atoms with Crippen molar-refractivity contribution in [2.45, 2.75) is 59.8 Å². The minimum atomic E-state index is -0.443. The predicted octanol–water partition coefficient (Wildman–Crippen LogP) is 5.74. The highest BCUT2D eigenvalue weighted by Gasteiger charge is 2.43. The smallest absolute Gasteiger partial charge is 0.336 e. The van der Waals surface area contributed by atoms with Gasteiger partial charge in [-0.2, -0.15) is 0 Å². The molecule has 1 saturated carbocycles. The van der Waals surface area contributed by atoms with Gasteiger partial charge in [0.25, 0.3) is 0 Å². The number of benzene rings is 1. The molecule has 1 heterocycles. The van der Waals surface area contributed by atoms with Crippen LogP contribution in [0.3, 0.4) is 0 Å². The average molecular weight is 459 g/mol. The summed E-state index contributed by atoms with van der Waals surface area (Å²) in [4.78, 5) is 11.8. The van der Waals surface area contributed by atoms with Crippen LogP contribution in [0.15, 0.2) is 38.6 Å². The SMILES string of the molecule is COc1cc2ccc(=O)oc2c(OC)c1OCC[C@]1(C)[C@H](C)CCC(=C(C)C)[C@H]1CCCO. The molecule has 6 nitrogen and oxygen atoms in total. The second-order valence-electron chi connectivity index (χ2n) is 9.60. The van der Waals surface area contributed by atoms with Crippen molar-refractivity contribution < 1.29 is 23.7 Å². The van der Waals surface area contributed by atoms with E-state index in [4.69, 9.17) is 18.6 Å². The second-order valence-corrected chi connectivity index (χ2v) is 9.60. The lowest BCUT2D eigenvalue weighted by Gasteiger charge is -2.48. The lowest BCUT2D eigenvalue weighted by atomic mass is 9.57. The summed E-state index contributed by atoms with van der Waals surface area (Å²) in [5.74, 6) is 2.30. The van der Waals surface area contributed by atoms with Gasteiger partial charge in [-0.1, -0.05) is 25.0 Å². The zero-order chi connectivity index (χ0) is 24.2. The van der Waals surface area contributed by atoms with Gasteiger partial charge in [0.05, 0.1) is 20.8 Å². The number of aliphatic hydroxyl groups is 1. The minimum Gasteiger partial charge on any atom is -0.493 e. The van der Waals surface area contributed by atoms with E-state index in [1.54, 1.807) is 19.2 Å². The maximum absolute atomic E-state index is 11.8. The number of allylic oxidation sites excluding steroid dienone is 2. The minimum absolute atomic E-state index is 0.0455. The van der Waals surface area contributed by atoms with Crippen LogP contribution in [0.25, 0.3) is 11.0 Å².